The van der Waals surface area contributed by atoms with Crippen LogP contribution in [0.2, 0.25) is 0 Å². The molecule has 2 rings (SSSR count). The van der Waals surface area contributed by atoms with Crippen molar-refractivity contribution in [3.8, 4) is 5.75 Å². The van der Waals surface area contributed by atoms with E-state index in [-0.39, 0.29) is 0 Å². The van der Waals surface area contributed by atoms with Crippen molar-refractivity contribution in [1.29, 1.82) is 0 Å². The van der Waals surface area contributed by atoms with E-state index in [0.29, 0.717) is 23.6 Å². The van der Waals surface area contributed by atoms with Crippen LogP contribution in [0.1, 0.15) is 15.9 Å². The van der Waals surface area contributed by atoms with Crippen LogP contribution in [-0.2, 0) is 5.75 Å². The van der Waals surface area contributed by atoms with Gasteiger partial charge >= 0.3 is 5.97 Å². The molecule has 0 spiro atoms. The van der Waals surface area contributed by atoms with E-state index in [1.165, 1.54) is 7.11 Å². The Bertz CT molecular complexity index is 765. The SMILES string of the molecule is COc1ccc(CSC(=O)Nc2c(F)cc(F)cc2C(=O)O)cc1. The minimum atomic E-state index is -1.54. The van der Waals surface area contributed by atoms with Crippen LogP contribution in [0.15, 0.2) is 36.4 Å². The fourth-order valence-electron chi connectivity index (χ4n) is 1.88. The number of aromatic carboxylic acids is 1. The molecule has 2 N–H and O–H groups in total. The molecule has 8 heteroatoms. The van der Waals surface area contributed by atoms with E-state index >= 15 is 0 Å². The number of ether oxygens (including phenoxy) is 1. The Morgan fingerprint density at radius 3 is 2.46 bits per heavy atom. The fraction of sp³-hybridized carbons (Fsp3) is 0.125. The predicted molar refractivity (Wildman–Crippen MR) is 86.6 cm³/mol. The number of anilines is 1. The first-order valence-corrected chi connectivity index (χ1v) is 7.68. The molecule has 1 amide bonds. The second-order valence-corrected chi connectivity index (χ2v) is 5.61. The van der Waals surface area contributed by atoms with Gasteiger partial charge in [-0.05, 0) is 23.8 Å². The summed E-state index contributed by atoms with van der Waals surface area (Å²) in [5.74, 6) is -2.75. The standard InChI is InChI=1S/C16H13F2NO4S/c1-23-11-4-2-9(3-5-11)8-24-16(22)19-14-12(15(20)21)6-10(17)7-13(14)18/h2-7H,8H2,1H3,(H,19,22)(H,20,21). The van der Waals surface area contributed by atoms with Crippen LogP contribution in [0.3, 0.4) is 0 Å². The van der Waals surface area contributed by atoms with Crippen LogP contribution in [0.25, 0.3) is 0 Å². The van der Waals surface area contributed by atoms with Crippen LogP contribution in [0.4, 0.5) is 19.3 Å². The molecule has 0 aliphatic heterocycles. The van der Waals surface area contributed by atoms with Gasteiger partial charge in [-0.25, -0.2) is 13.6 Å². The summed E-state index contributed by atoms with van der Waals surface area (Å²) in [6, 6.07) is 8.15. The van der Waals surface area contributed by atoms with E-state index in [1.54, 1.807) is 24.3 Å². The number of benzene rings is 2. The molecule has 2 aromatic carbocycles. The minimum Gasteiger partial charge on any atom is -0.497 e. The summed E-state index contributed by atoms with van der Waals surface area (Å²) in [5.41, 5.74) is -0.379. The maximum absolute atomic E-state index is 13.7. The Hall–Kier alpha value is -2.61. The third kappa shape index (κ3) is 4.45. The summed E-state index contributed by atoms with van der Waals surface area (Å²) < 4.78 is 31.9. The summed E-state index contributed by atoms with van der Waals surface area (Å²) in [6.07, 6.45) is 0. The lowest BCUT2D eigenvalue weighted by Gasteiger charge is -2.10. The summed E-state index contributed by atoms with van der Waals surface area (Å²) in [6.45, 7) is 0. The number of methoxy groups -OCH3 is 1. The van der Waals surface area contributed by atoms with Gasteiger partial charge < -0.3 is 15.2 Å². The van der Waals surface area contributed by atoms with Gasteiger partial charge in [0.25, 0.3) is 5.24 Å². The molecule has 0 atom stereocenters. The first-order chi connectivity index (χ1) is 11.4. The number of halogens is 2. The van der Waals surface area contributed by atoms with E-state index in [9.17, 15) is 18.4 Å². The quantitative estimate of drug-likeness (QED) is 0.845. The van der Waals surface area contributed by atoms with Crippen molar-refractivity contribution < 1.29 is 28.2 Å². The monoisotopic (exact) mass is 353 g/mol. The summed E-state index contributed by atoms with van der Waals surface area (Å²) in [5, 5.41) is 10.5. The van der Waals surface area contributed by atoms with Crippen molar-refractivity contribution in [2.45, 2.75) is 5.75 Å². The van der Waals surface area contributed by atoms with Gasteiger partial charge in [-0.1, -0.05) is 23.9 Å². The van der Waals surface area contributed by atoms with Crippen molar-refractivity contribution in [2.75, 3.05) is 12.4 Å². The molecule has 5 nitrogen and oxygen atoms in total. The average molecular weight is 353 g/mol. The Balaban J connectivity index is 2.05. The number of carbonyl (C=O) groups excluding carboxylic acids is 1. The van der Waals surface area contributed by atoms with Crippen molar-refractivity contribution in [3.63, 3.8) is 0 Å². The fourth-order valence-corrected chi connectivity index (χ4v) is 2.54. The first kappa shape index (κ1) is 17.7. The second-order valence-electron chi connectivity index (χ2n) is 4.66. The summed E-state index contributed by atoms with van der Waals surface area (Å²) in [4.78, 5) is 22.9. The van der Waals surface area contributed by atoms with Gasteiger partial charge in [0.05, 0.1) is 18.4 Å². The molecular formula is C16H13F2NO4S. The number of carboxylic acid groups (broad SMARTS) is 1. The maximum Gasteiger partial charge on any atom is 0.338 e. The van der Waals surface area contributed by atoms with Gasteiger partial charge in [-0.2, -0.15) is 0 Å². The van der Waals surface area contributed by atoms with Crippen molar-refractivity contribution >= 4 is 28.7 Å². The normalized spacial score (nSPS) is 10.3. The third-order valence-corrected chi connectivity index (χ3v) is 3.88. The Kier molecular flexibility index (Phi) is 5.75. The van der Waals surface area contributed by atoms with Crippen LogP contribution in [-0.4, -0.2) is 23.4 Å². The van der Waals surface area contributed by atoms with Gasteiger partial charge in [0.15, 0.2) is 5.82 Å². The number of thioether (sulfide) groups is 1. The predicted octanol–water partition coefficient (Wildman–Crippen LogP) is 4.14. The van der Waals surface area contributed by atoms with Gasteiger partial charge in [-0.3, -0.25) is 4.79 Å². The number of carbonyl (C=O) groups is 2. The van der Waals surface area contributed by atoms with Gasteiger partial charge in [-0.15, -0.1) is 0 Å². The minimum absolute atomic E-state index is 0.293. The van der Waals surface area contributed by atoms with E-state index in [2.05, 4.69) is 5.32 Å². The highest BCUT2D eigenvalue weighted by molar-refractivity contribution is 8.13. The molecule has 0 aliphatic carbocycles. The van der Waals surface area contributed by atoms with Crippen molar-refractivity contribution in [2.24, 2.45) is 0 Å². The summed E-state index contributed by atoms with van der Waals surface area (Å²) in [7, 11) is 1.54. The van der Waals surface area contributed by atoms with Gasteiger partial charge in [0.2, 0.25) is 0 Å². The number of rotatable bonds is 5. The average Bonchev–Trinajstić information content (AvgIpc) is 2.55. The smallest absolute Gasteiger partial charge is 0.338 e. The highest BCUT2D eigenvalue weighted by Crippen LogP contribution is 2.24. The number of carboxylic acids is 1. The van der Waals surface area contributed by atoms with Crippen LogP contribution in [0, 0.1) is 11.6 Å². The molecule has 0 heterocycles. The number of amides is 1. The second kappa shape index (κ2) is 7.78. The van der Waals surface area contributed by atoms with E-state index in [0.717, 1.165) is 17.3 Å². The molecule has 0 unspecified atom stereocenters. The zero-order valence-electron chi connectivity index (χ0n) is 12.5. The van der Waals surface area contributed by atoms with E-state index < -0.39 is 34.1 Å². The maximum atomic E-state index is 13.7. The largest absolute Gasteiger partial charge is 0.497 e. The number of hydrogen-bond donors (Lipinski definition) is 2. The molecule has 0 saturated carbocycles. The summed E-state index contributed by atoms with van der Waals surface area (Å²) >= 11 is 0.827. The van der Waals surface area contributed by atoms with Crippen LogP contribution >= 0.6 is 11.8 Å². The van der Waals surface area contributed by atoms with Gasteiger partial charge in [0.1, 0.15) is 11.6 Å². The highest BCUT2D eigenvalue weighted by Gasteiger charge is 2.19. The molecule has 126 valence electrons. The molecule has 0 saturated heterocycles. The molecule has 24 heavy (non-hydrogen) atoms. The zero-order chi connectivity index (χ0) is 17.7. The van der Waals surface area contributed by atoms with E-state index in [1.807, 2.05) is 0 Å². The Labute approximate surface area is 140 Å². The van der Waals surface area contributed by atoms with Crippen LogP contribution < -0.4 is 10.1 Å². The lowest BCUT2D eigenvalue weighted by atomic mass is 10.1. The van der Waals surface area contributed by atoms with Crippen LogP contribution in [0.5, 0.6) is 5.75 Å². The first-order valence-electron chi connectivity index (χ1n) is 6.69. The Morgan fingerprint density at radius 1 is 1.21 bits per heavy atom. The Morgan fingerprint density at radius 2 is 1.88 bits per heavy atom. The number of nitrogens with one attached hydrogen (secondary N) is 1. The number of hydrogen-bond acceptors (Lipinski definition) is 4. The van der Waals surface area contributed by atoms with Gasteiger partial charge in [0, 0.05) is 11.8 Å². The highest BCUT2D eigenvalue weighted by atomic mass is 32.2. The lowest BCUT2D eigenvalue weighted by Crippen LogP contribution is -2.12. The molecule has 0 aromatic heterocycles. The molecule has 0 bridgehead atoms. The molecule has 0 fully saturated rings. The van der Waals surface area contributed by atoms with E-state index in [4.69, 9.17) is 9.84 Å². The van der Waals surface area contributed by atoms with Crippen molar-refractivity contribution in [3.05, 3.63) is 59.2 Å². The molecule has 2 aromatic rings. The molecule has 0 radical (unpaired) electrons. The third-order valence-electron chi connectivity index (χ3n) is 3.04. The lowest BCUT2D eigenvalue weighted by molar-refractivity contribution is 0.0697. The topological polar surface area (TPSA) is 75.6 Å². The molecular weight excluding hydrogens is 340 g/mol. The zero-order valence-corrected chi connectivity index (χ0v) is 13.3. The molecule has 0 aliphatic rings. The van der Waals surface area contributed by atoms with Crippen molar-refractivity contribution in [1.82, 2.24) is 0 Å².